The van der Waals surface area contributed by atoms with E-state index in [-0.39, 0.29) is 11.8 Å². The molecule has 1 aromatic rings. The predicted octanol–water partition coefficient (Wildman–Crippen LogP) is 1.81. The highest BCUT2D eigenvalue weighted by Crippen LogP contribution is 2.22. The van der Waals surface area contributed by atoms with Crippen molar-refractivity contribution >= 4 is 11.6 Å². The summed E-state index contributed by atoms with van der Waals surface area (Å²) in [7, 11) is 0. The number of carbonyl (C=O) groups excluding carboxylic acids is 1. The summed E-state index contributed by atoms with van der Waals surface area (Å²) in [4.78, 5) is 13.8. The van der Waals surface area contributed by atoms with Crippen molar-refractivity contribution in [2.75, 3.05) is 12.3 Å². The zero-order chi connectivity index (χ0) is 11.7. The van der Waals surface area contributed by atoms with E-state index in [4.69, 9.17) is 5.73 Å². The highest BCUT2D eigenvalue weighted by atomic mass is 16.2. The summed E-state index contributed by atoms with van der Waals surface area (Å²) >= 11 is 0. The summed E-state index contributed by atoms with van der Waals surface area (Å²) in [6.07, 6.45) is 0.939. The number of nitrogen functional groups attached to an aromatic ring is 1. The first-order chi connectivity index (χ1) is 7.58. The molecular weight excluding hydrogens is 200 g/mol. The Morgan fingerprint density at radius 2 is 2.12 bits per heavy atom. The molecule has 0 bridgehead atoms. The number of carbonyl (C=O) groups is 1. The molecule has 2 N–H and O–H groups in total. The van der Waals surface area contributed by atoms with Crippen LogP contribution in [0.25, 0.3) is 0 Å². The third kappa shape index (κ3) is 2.03. The summed E-state index contributed by atoms with van der Waals surface area (Å²) < 4.78 is 0. The van der Waals surface area contributed by atoms with Gasteiger partial charge in [-0.3, -0.25) is 4.79 Å². The maximum absolute atomic E-state index is 11.9. The topological polar surface area (TPSA) is 46.3 Å². The van der Waals surface area contributed by atoms with Crippen LogP contribution < -0.4 is 5.73 Å². The molecule has 1 heterocycles. The van der Waals surface area contributed by atoms with Gasteiger partial charge in [0.2, 0.25) is 5.91 Å². The molecule has 0 fully saturated rings. The van der Waals surface area contributed by atoms with Gasteiger partial charge in [-0.2, -0.15) is 0 Å². The van der Waals surface area contributed by atoms with Gasteiger partial charge >= 0.3 is 0 Å². The van der Waals surface area contributed by atoms with Gasteiger partial charge in [0, 0.05) is 24.7 Å². The number of nitrogens with zero attached hydrogens (tertiary/aromatic N) is 1. The lowest BCUT2D eigenvalue weighted by atomic mass is 9.98. The summed E-state index contributed by atoms with van der Waals surface area (Å²) in [5.74, 6) is 0.302. The SMILES string of the molecule is CC(C)C(=O)N1CCc2ccc(N)cc2C1. The number of nitrogens with two attached hydrogens (primary N) is 1. The number of anilines is 1. The van der Waals surface area contributed by atoms with Crippen LogP contribution in [0.4, 0.5) is 5.69 Å². The van der Waals surface area contributed by atoms with Crippen LogP contribution in [-0.4, -0.2) is 17.4 Å². The molecule has 0 saturated heterocycles. The minimum Gasteiger partial charge on any atom is -0.399 e. The van der Waals surface area contributed by atoms with Gasteiger partial charge in [0.25, 0.3) is 0 Å². The van der Waals surface area contributed by atoms with E-state index in [1.807, 2.05) is 30.9 Å². The molecule has 1 aromatic carbocycles. The van der Waals surface area contributed by atoms with Crippen LogP contribution in [0.3, 0.4) is 0 Å². The molecule has 0 saturated carbocycles. The standard InChI is InChI=1S/C13H18N2O/c1-9(2)13(16)15-6-5-10-3-4-12(14)7-11(10)8-15/h3-4,7,9H,5-6,8,14H2,1-2H3. The molecule has 0 aromatic heterocycles. The van der Waals surface area contributed by atoms with E-state index in [1.165, 1.54) is 11.1 Å². The fraction of sp³-hybridized carbons (Fsp3) is 0.462. The van der Waals surface area contributed by atoms with Gasteiger partial charge in [0.15, 0.2) is 0 Å². The third-order valence-electron chi connectivity index (χ3n) is 3.05. The Kier molecular flexibility index (Phi) is 2.86. The van der Waals surface area contributed by atoms with Crippen molar-refractivity contribution < 1.29 is 4.79 Å². The summed E-state index contributed by atoms with van der Waals surface area (Å²) in [6, 6.07) is 5.98. The second-order valence-corrected chi connectivity index (χ2v) is 4.69. The second kappa shape index (κ2) is 4.16. The Bertz CT molecular complexity index is 412. The van der Waals surface area contributed by atoms with Gasteiger partial charge in [0.1, 0.15) is 0 Å². The van der Waals surface area contributed by atoms with Crippen LogP contribution >= 0.6 is 0 Å². The van der Waals surface area contributed by atoms with Gasteiger partial charge in [0.05, 0.1) is 0 Å². The van der Waals surface area contributed by atoms with E-state index >= 15 is 0 Å². The van der Waals surface area contributed by atoms with Crippen LogP contribution in [0.1, 0.15) is 25.0 Å². The van der Waals surface area contributed by atoms with Gasteiger partial charge in [-0.25, -0.2) is 0 Å². The summed E-state index contributed by atoms with van der Waals surface area (Å²) in [5.41, 5.74) is 9.05. The molecule has 0 spiro atoms. The Hall–Kier alpha value is -1.51. The van der Waals surface area contributed by atoms with Gasteiger partial charge in [-0.1, -0.05) is 19.9 Å². The Morgan fingerprint density at radius 3 is 2.81 bits per heavy atom. The molecule has 0 atom stereocenters. The predicted molar refractivity (Wildman–Crippen MR) is 64.8 cm³/mol. The molecule has 2 rings (SSSR count). The number of hydrogen-bond donors (Lipinski definition) is 1. The first-order valence-electron chi connectivity index (χ1n) is 5.74. The van der Waals surface area contributed by atoms with Crippen LogP contribution in [-0.2, 0) is 17.8 Å². The first-order valence-corrected chi connectivity index (χ1v) is 5.74. The van der Waals surface area contributed by atoms with Crippen LogP contribution in [0, 0.1) is 5.92 Å². The van der Waals surface area contributed by atoms with Crippen molar-refractivity contribution in [3.05, 3.63) is 29.3 Å². The normalized spacial score (nSPS) is 15.1. The zero-order valence-electron chi connectivity index (χ0n) is 9.86. The average Bonchev–Trinajstić information content (AvgIpc) is 2.26. The fourth-order valence-corrected chi connectivity index (χ4v) is 2.13. The van der Waals surface area contributed by atoms with E-state index in [9.17, 15) is 4.79 Å². The summed E-state index contributed by atoms with van der Waals surface area (Å²) in [6.45, 7) is 5.42. The Morgan fingerprint density at radius 1 is 1.38 bits per heavy atom. The molecule has 0 aliphatic carbocycles. The van der Waals surface area contributed by atoms with E-state index in [2.05, 4.69) is 6.07 Å². The molecule has 1 aliphatic rings. The van der Waals surface area contributed by atoms with Crippen molar-refractivity contribution in [3.8, 4) is 0 Å². The van der Waals surface area contributed by atoms with Crippen LogP contribution in [0.5, 0.6) is 0 Å². The number of rotatable bonds is 1. The van der Waals surface area contributed by atoms with Crippen molar-refractivity contribution in [2.24, 2.45) is 5.92 Å². The third-order valence-corrected chi connectivity index (χ3v) is 3.05. The van der Waals surface area contributed by atoms with E-state index in [0.717, 1.165) is 18.7 Å². The zero-order valence-corrected chi connectivity index (χ0v) is 9.86. The van der Waals surface area contributed by atoms with Crippen LogP contribution in [0.15, 0.2) is 18.2 Å². The average molecular weight is 218 g/mol. The fourth-order valence-electron chi connectivity index (χ4n) is 2.13. The highest BCUT2D eigenvalue weighted by molar-refractivity contribution is 5.78. The first kappa shape index (κ1) is 11.0. The van der Waals surface area contributed by atoms with E-state index in [1.54, 1.807) is 0 Å². The maximum Gasteiger partial charge on any atom is 0.225 e. The number of hydrogen-bond acceptors (Lipinski definition) is 2. The molecule has 1 aliphatic heterocycles. The smallest absolute Gasteiger partial charge is 0.225 e. The number of amides is 1. The van der Waals surface area contributed by atoms with Crippen LogP contribution in [0.2, 0.25) is 0 Å². The molecule has 0 unspecified atom stereocenters. The minimum absolute atomic E-state index is 0.0719. The number of fused-ring (bicyclic) bond motifs is 1. The largest absolute Gasteiger partial charge is 0.399 e. The molecular formula is C13H18N2O. The second-order valence-electron chi connectivity index (χ2n) is 4.69. The lowest BCUT2D eigenvalue weighted by Gasteiger charge is -2.30. The van der Waals surface area contributed by atoms with E-state index < -0.39 is 0 Å². The van der Waals surface area contributed by atoms with Gasteiger partial charge < -0.3 is 10.6 Å². The molecule has 3 heteroatoms. The Labute approximate surface area is 96.2 Å². The van der Waals surface area contributed by atoms with Crippen molar-refractivity contribution in [2.45, 2.75) is 26.8 Å². The molecule has 86 valence electrons. The van der Waals surface area contributed by atoms with Crippen molar-refractivity contribution in [1.82, 2.24) is 4.90 Å². The maximum atomic E-state index is 11.9. The quantitative estimate of drug-likeness (QED) is 0.731. The van der Waals surface area contributed by atoms with Gasteiger partial charge in [-0.15, -0.1) is 0 Å². The molecule has 0 radical (unpaired) electrons. The highest BCUT2D eigenvalue weighted by Gasteiger charge is 2.22. The van der Waals surface area contributed by atoms with Crippen molar-refractivity contribution in [1.29, 1.82) is 0 Å². The van der Waals surface area contributed by atoms with E-state index in [0.29, 0.717) is 6.54 Å². The summed E-state index contributed by atoms with van der Waals surface area (Å²) in [5, 5.41) is 0. The molecule has 3 nitrogen and oxygen atoms in total. The lowest BCUT2D eigenvalue weighted by Crippen LogP contribution is -2.38. The molecule has 16 heavy (non-hydrogen) atoms. The van der Waals surface area contributed by atoms with Gasteiger partial charge in [-0.05, 0) is 29.7 Å². The lowest BCUT2D eigenvalue weighted by molar-refractivity contribution is -0.135. The van der Waals surface area contributed by atoms with Crippen molar-refractivity contribution in [3.63, 3.8) is 0 Å². The Balaban J connectivity index is 2.20. The minimum atomic E-state index is 0.0719. The number of benzene rings is 1. The molecule has 1 amide bonds. The monoisotopic (exact) mass is 218 g/mol.